The molecule has 0 radical (unpaired) electrons. The van der Waals surface area contributed by atoms with E-state index >= 15 is 0 Å². The number of sulfonamides is 1. The zero-order valence-corrected chi connectivity index (χ0v) is 15.5. The van der Waals surface area contributed by atoms with Crippen molar-refractivity contribution in [3.05, 3.63) is 65.4 Å². The van der Waals surface area contributed by atoms with Crippen LogP contribution in [0.5, 0.6) is 0 Å². The first-order valence-electron chi connectivity index (χ1n) is 7.98. The largest absolute Gasteiger partial charge is 0.322 e. The fourth-order valence-corrected chi connectivity index (χ4v) is 3.26. The van der Waals surface area contributed by atoms with Crippen molar-refractivity contribution in [2.75, 3.05) is 16.3 Å². The number of nitrogens with one attached hydrogen (secondary N) is 2. The van der Waals surface area contributed by atoms with Crippen molar-refractivity contribution in [1.82, 2.24) is 4.98 Å². The van der Waals surface area contributed by atoms with Gasteiger partial charge < -0.3 is 5.32 Å². The summed E-state index contributed by atoms with van der Waals surface area (Å²) in [6, 6.07) is 14.0. The van der Waals surface area contributed by atoms with E-state index in [-0.39, 0.29) is 5.91 Å². The summed E-state index contributed by atoms with van der Waals surface area (Å²) < 4.78 is 24.9. The highest BCUT2D eigenvalue weighted by Crippen LogP contribution is 2.22. The molecule has 0 saturated heterocycles. The molecule has 134 valence electrons. The second-order valence-electron chi connectivity index (χ2n) is 6.24. The molecule has 2 N–H and O–H groups in total. The van der Waals surface area contributed by atoms with Gasteiger partial charge in [0, 0.05) is 22.5 Å². The van der Waals surface area contributed by atoms with Crippen LogP contribution in [0.15, 0.2) is 48.5 Å². The van der Waals surface area contributed by atoms with Crippen LogP contribution < -0.4 is 10.0 Å². The van der Waals surface area contributed by atoms with Crippen molar-refractivity contribution in [1.29, 1.82) is 0 Å². The molecular weight excluding hydrogens is 350 g/mol. The molecule has 0 unspecified atom stereocenters. The van der Waals surface area contributed by atoms with Gasteiger partial charge in [-0.2, -0.15) is 0 Å². The van der Waals surface area contributed by atoms with Crippen molar-refractivity contribution in [3.63, 3.8) is 0 Å². The molecule has 0 aliphatic rings. The number of pyridine rings is 1. The smallest absolute Gasteiger partial charge is 0.256 e. The molecule has 3 aromatic rings. The van der Waals surface area contributed by atoms with Crippen molar-refractivity contribution < 1.29 is 13.2 Å². The fourth-order valence-electron chi connectivity index (χ4n) is 2.69. The van der Waals surface area contributed by atoms with E-state index in [2.05, 4.69) is 15.0 Å². The minimum absolute atomic E-state index is 0.241. The molecule has 0 fully saturated rings. The summed E-state index contributed by atoms with van der Waals surface area (Å²) in [4.78, 5) is 17.2. The highest BCUT2D eigenvalue weighted by Gasteiger charge is 2.13. The van der Waals surface area contributed by atoms with Crippen molar-refractivity contribution in [2.45, 2.75) is 13.8 Å². The predicted octanol–water partition coefficient (Wildman–Crippen LogP) is 3.48. The molecule has 3 rings (SSSR count). The van der Waals surface area contributed by atoms with Gasteiger partial charge in [-0.15, -0.1) is 0 Å². The Kier molecular flexibility index (Phi) is 4.65. The molecule has 1 heterocycles. The monoisotopic (exact) mass is 369 g/mol. The third-order valence-electron chi connectivity index (χ3n) is 3.78. The molecule has 2 aromatic carbocycles. The Labute approximate surface area is 152 Å². The Hall–Kier alpha value is -2.93. The summed E-state index contributed by atoms with van der Waals surface area (Å²) in [6.07, 6.45) is 1.08. The van der Waals surface area contributed by atoms with E-state index in [1.54, 1.807) is 30.3 Å². The molecule has 0 spiro atoms. The van der Waals surface area contributed by atoms with Gasteiger partial charge in [-0.3, -0.25) is 14.5 Å². The van der Waals surface area contributed by atoms with Gasteiger partial charge in [0.25, 0.3) is 5.91 Å². The highest BCUT2D eigenvalue weighted by molar-refractivity contribution is 7.92. The molecule has 1 amide bonds. The minimum atomic E-state index is -3.33. The van der Waals surface area contributed by atoms with Crippen LogP contribution in [0.2, 0.25) is 0 Å². The van der Waals surface area contributed by atoms with Gasteiger partial charge in [-0.05, 0) is 56.3 Å². The van der Waals surface area contributed by atoms with E-state index in [4.69, 9.17) is 0 Å². The normalized spacial score (nSPS) is 11.3. The molecule has 0 aliphatic heterocycles. The van der Waals surface area contributed by atoms with Crippen molar-refractivity contribution in [3.8, 4) is 0 Å². The van der Waals surface area contributed by atoms with Crippen LogP contribution in [0.1, 0.15) is 21.6 Å². The number of carbonyl (C=O) groups excluding carboxylic acids is 1. The second kappa shape index (κ2) is 6.76. The third kappa shape index (κ3) is 4.18. The third-order valence-corrected chi connectivity index (χ3v) is 4.39. The van der Waals surface area contributed by atoms with Crippen LogP contribution in [0, 0.1) is 13.8 Å². The van der Waals surface area contributed by atoms with Crippen LogP contribution in [0.4, 0.5) is 11.4 Å². The van der Waals surface area contributed by atoms with Gasteiger partial charge in [0.1, 0.15) is 0 Å². The number of hydrogen-bond donors (Lipinski definition) is 2. The summed E-state index contributed by atoms with van der Waals surface area (Å²) in [6.45, 7) is 3.82. The molecular formula is C19H19N3O3S. The summed E-state index contributed by atoms with van der Waals surface area (Å²) in [5, 5.41) is 3.64. The quantitative estimate of drug-likeness (QED) is 0.737. The lowest BCUT2D eigenvalue weighted by Crippen LogP contribution is -2.13. The topological polar surface area (TPSA) is 88.2 Å². The van der Waals surface area contributed by atoms with E-state index in [0.717, 1.165) is 28.4 Å². The van der Waals surface area contributed by atoms with Gasteiger partial charge >= 0.3 is 0 Å². The zero-order chi connectivity index (χ0) is 18.9. The zero-order valence-electron chi connectivity index (χ0n) is 14.7. The second-order valence-corrected chi connectivity index (χ2v) is 7.99. The number of carbonyl (C=O) groups is 1. The maximum atomic E-state index is 12.8. The average Bonchev–Trinajstić information content (AvgIpc) is 2.55. The average molecular weight is 369 g/mol. The number of aryl methyl sites for hydroxylation is 2. The SMILES string of the molecule is Cc1ccc2nc(C)cc(C(=O)Nc3ccc(NS(C)(=O)=O)cc3)c2c1. The maximum absolute atomic E-state index is 12.8. The van der Waals surface area contributed by atoms with Gasteiger partial charge in [0.05, 0.1) is 17.3 Å². The van der Waals surface area contributed by atoms with Gasteiger partial charge in [0.2, 0.25) is 10.0 Å². The Morgan fingerprint density at radius 3 is 2.27 bits per heavy atom. The first kappa shape index (κ1) is 17.9. The summed E-state index contributed by atoms with van der Waals surface area (Å²) in [7, 11) is -3.33. The fraction of sp³-hybridized carbons (Fsp3) is 0.158. The number of fused-ring (bicyclic) bond motifs is 1. The van der Waals surface area contributed by atoms with E-state index in [1.807, 2.05) is 32.0 Å². The lowest BCUT2D eigenvalue weighted by atomic mass is 10.0. The Balaban J connectivity index is 1.89. The maximum Gasteiger partial charge on any atom is 0.256 e. The summed E-state index contributed by atoms with van der Waals surface area (Å²) in [5.41, 5.74) is 4.14. The Morgan fingerprint density at radius 1 is 0.962 bits per heavy atom. The molecule has 0 saturated carbocycles. The van der Waals surface area contributed by atoms with E-state index < -0.39 is 10.0 Å². The molecule has 26 heavy (non-hydrogen) atoms. The van der Waals surface area contributed by atoms with E-state index in [0.29, 0.717) is 16.9 Å². The lowest BCUT2D eigenvalue weighted by Gasteiger charge is -2.10. The first-order chi connectivity index (χ1) is 12.2. The molecule has 0 aliphatic carbocycles. The number of nitrogens with zero attached hydrogens (tertiary/aromatic N) is 1. The highest BCUT2D eigenvalue weighted by atomic mass is 32.2. The Bertz CT molecular complexity index is 1090. The van der Waals surface area contributed by atoms with Crippen LogP contribution in [-0.2, 0) is 10.0 Å². The lowest BCUT2D eigenvalue weighted by molar-refractivity contribution is 0.102. The van der Waals surface area contributed by atoms with Crippen LogP contribution in [0.25, 0.3) is 10.9 Å². The van der Waals surface area contributed by atoms with Crippen LogP contribution >= 0.6 is 0 Å². The number of hydrogen-bond acceptors (Lipinski definition) is 4. The van der Waals surface area contributed by atoms with Crippen molar-refractivity contribution >= 4 is 38.2 Å². The molecule has 6 nitrogen and oxygen atoms in total. The van der Waals surface area contributed by atoms with Gasteiger partial charge in [-0.1, -0.05) is 11.6 Å². The summed E-state index contributed by atoms with van der Waals surface area (Å²) >= 11 is 0. The number of benzene rings is 2. The first-order valence-corrected chi connectivity index (χ1v) is 9.88. The van der Waals surface area contributed by atoms with Crippen LogP contribution in [0.3, 0.4) is 0 Å². The number of anilines is 2. The number of amides is 1. The van der Waals surface area contributed by atoms with Crippen molar-refractivity contribution in [2.24, 2.45) is 0 Å². The number of aromatic nitrogens is 1. The molecule has 0 atom stereocenters. The van der Waals surface area contributed by atoms with E-state index in [1.165, 1.54) is 0 Å². The van der Waals surface area contributed by atoms with Crippen LogP contribution in [-0.4, -0.2) is 25.6 Å². The number of rotatable bonds is 4. The van der Waals surface area contributed by atoms with Gasteiger partial charge in [-0.25, -0.2) is 8.42 Å². The minimum Gasteiger partial charge on any atom is -0.322 e. The molecule has 0 bridgehead atoms. The Morgan fingerprint density at radius 2 is 1.62 bits per heavy atom. The van der Waals surface area contributed by atoms with E-state index in [9.17, 15) is 13.2 Å². The molecule has 1 aromatic heterocycles. The standard InChI is InChI=1S/C19H19N3O3S/c1-12-4-9-18-16(10-12)17(11-13(2)20-18)19(23)21-14-5-7-15(8-6-14)22-26(3,24)25/h4-11,22H,1-3H3,(H,21,23). The van der Waals surface area contributed by atoms with Gasteiger partial charge in [0.15, 0.2) is 0 Å². The predicted molar refractivity (Wildman–Crippen MR) is 104 cm³/mol. The summed E-state index contributed by atoms with van der Waals surface area (Å²) in [5.74, 6) is -0.241. The molecule has 7 heteroatoms.